The highest BCUT2D eigenvalue weighted by Crippen LogP contribution is 2.55. The maximum atomic E-state index is 14.1. The van der Waals surface area contributed by atoms with E-state index in [0.29, 0.717) is 53.7 Å². The van der Waals surface area contributed by atoms with Gasteiger partial charge in [-0.25, -0.2) is 4.98 Å². The Morgan fingerprint density at radius 2 is 1.51 bits per heavy atom. The molecule has 1 aliphatic heterocycles. The van der Waals surface area contributed by atoms with Crippen molar-refractivity contribution in [3.63, 3.8) is 0 Å². The number of thiazole rings is 1. The molecule has 4 amide bonds. The molecule has 2 fully saturated rings. The first-order chi connectivity index (χ1) is 34.6. The Morgan fingerprint density at radius 1 is 0.890 bits per heavy atom. The molecule has 0 radical (unpaired) electrons. The van der Waals surface area contributed by atoms with Gasteiger partial charge in [0, 0.05) is 48.1 Å². The molecule has 386 valence electrons. The van der Waals surface area contributed by atoms with E-state index < -0.39 is 35.4 Å². The molecule has 0 unspecified atom stereocenters. The standard InChI is InChI=1S/C57H67ClN6O8S/c1-34(36-12-16-39(17-13-36)48-35(2)60-33-73-48)61-51(68)46-28-42(65)31-64(46)52(69)49(55(3,4)5)62-47(66)32-70-26-10-11-27-71-43-23-20-38(21-24-43)37-14-18-40(19-15-37)50(67)63-53-56(6,7)54(57(53,8)9)72-44-25-22-41(30-59)45(58)29-44/h12-25,29,33-34,42,46,49,53-54,65H,10-11,26-28,31-32H2,1-9H3,(H,61,68)(H,62,66)(H,63,67)/t34-,42+,46-,49+,53?,54?/m0/s1. The number of hydrogen-bond donors (Lipinski definition) is 4. The van der Waals surface area contributed by atoms with Crippen LogP contribution in [0.15, 0.2) is 96.5 Å². The Balaban J connectivity index is 0.812. The summed E-state index contributed by atoms with van der Waals surface area (Å²) in [6.07, 6.45) is 0.324. The fourth-order valence-electron chi connectivity index (χ4n) is 10.2. The number of hydrogen-bond acceptors (Lipinski definition) is 11. The highest BCUT2D eigenvalue weighted by atomic mass is 35.5. The normalized spacial score (nSPS) is 19.7. The van der Waals surface area contributed by atoms with Crippen molar-refractivity contribution in [2.24, 2.45) is 16.2 Å². The van der Waals surface area contributed by atoms with Crippen LogP contribution in [-0.2, 0) is 19.1 Å². The van der Waals surface area contributed by atoms with Crippen molar-refractivity contribution in [3.8, 4) is 39.1 Å². The van der Waals surface area contributed by atoms with Crippen LogP contribution in [0, 0.1) is 34.5 Å². The van der Waals surface area contributed by atoms with Gasteiger partial charge in [0.2, 0.25) is 17.7 Å². The van der Waals surface area contributed by atoms with Crippen molar-refractivity contribution in [2.75, 3.05) is 26.4 Å². The summed E-state index contributed by atoms with van der Waals surface area (Å²) in [7, 11) is 0. The molecule has 4 atom stereocenters. The van der Waals surface area contributed by atoms with E-state index in [1.165, 1.54) is 4.90 Å². The second-order valence-corrected chi connectivity index (χ2v) is 22.7. The molecule has 1 aliphatic carbocycles. The van der Waals surface area contributed by atoms with E-state index in [1.807, 2.05) is 113 Å². The van der Waals surface area contributed by atoms with Crippen LogP contribution in [0.5, 0.6) is 11.5 Å². The number of β-amino-alcohol motifs (C(OH)–C–C–N with tert-alkyl or cyclic N) is 1. The molecule has 5 aromatic rings. The molecule has 4 N–H and O–H groups in total. The third kappa shape index (κ3) is 12.7. The second kappa shape index (κ2) is 22.8. The molecule has 14 nitrogen and oxygen atoms in total. The number of likely N-dealkylation sites (tertiary alicyclic amines) is 1. The molecule has 4 aromatic carbocycles. The van der Waals surface area contributed by atoms with Crippen LogP contribution in [0.2, 0.25) is 5.02 Å². The third-order valence-electron chi connectivity index (χ3n) is 14.0. The first kappa shape index (κ1) is 54.5. The van der Waals surface area contributed by atoms with E-state index in [4.69, 9.17) is 25.8 Å². The fourth-order valence-corrected chi connectivity index (χ4v) is 11.3. The number of nitrogens with zero attached hydrogens (tertiary/aromatic N) is 3. The van der Waals surface area contributed by atoms with Crippen molar-refractivity contribution in [1.29, 1.82) is 5.26 Å². The molecule has 2 aliphatic rings. The molecule has 16 heteroatoms. The lowest BCUT2D eigenvalue weighted by Crippen LogP contribution is -2.74. The molecule has 0 bridgehead atoms. The van der Waals surface area contributed by atoms with Crippen LogP contribution in [0.4, 0.5) is 0 Å². The van der Waals surface area contributed by atoms with E-state index in [-0.39, 0.29) is 60.4 Å². The number of aromatic nitrogens is 1. The van der Waals surface area contributed by atoms with Gasteiger partial charge in [-0.1, -0.05) is 109 Å². The number of aliphatic hydroxyl groups is 1. The van der Waals surface area contributed by atoms with Crippen LogP contribution in [0.1, 0.15) is 108 Å². The van der Waals surface area contributed by atoms with Crippen molar-refractivity contribution in [1.82, 2.24) is 25.8 Å². The zero-order valence-corrected chi connectivity index (χ0v) is 44.7. The van der Waals surface area contributed by atoms with E-state index >= 15 is 0 Å². The quantitative estimate of drug-likeness (QED) is 0.0580. The predicted molar refractivity (Wildman–Crippen MR) is 283 cm³/mol. The number of nitrogens with one attached hydrogen (secondary N) is 3. The molecule has 1 aromatic heterocycles. The summed E-state index contributed by atoms with van der Waals surface area (Å²) < 4.78 is 18.0. The molecule has 0 spiro atoms. The van der Waals surface area contributed by atoms with E-state index in [2.05, 4.69) is 54.7 Å². The van der Waals surface area contributed by atoms with Crippen molar-refractivity contribution in [2.45, 2.75) is 118 Å². The molecular weight excluding hydrogens is 964 g/mol. The van der Waals surface area contributed by atoms with Crippen molar-refractivity contribution >= 4 is 46.6 Å². The Hall–Kier alpha value is -6.31. The molecule has 73 heavy (non-hydrogen) atoms. The number of ether oxygens (including phenoxy) is 3. The third-order valence-corrected chi connectivity index (χ3v) is 15.3. The lowest BCUT2D eigenvalue weighted by molar-refractivity contribution is -0.164. The number of benzene rings is 4. The van der Waals surface area contributed by atoms with Gasteiger partial charge in [0.15, 0.2) is 0 Å². The van der Waals surface area contributed by atoms with E-state index in [1.54, 1.807) is 29.5 Å². The van der Waals surface area contributed by atoms with Gasteiger partial charge in [-0.2, -0.15) is 5.26 Å². The van der Waals surface area contributed by atoms with Gasteiger partial charge in [-0.05, 0) is 90.8 Å². The van der Waals surface area contributed by atoms with Crippen molar-refractivity contribution < 1.29 is 38.5 Å². The summed E-state index contributed by atoms with van der Waals surface area (Å²) in [5.74, 6) is -0.144. The number of unbranched alkanes of at least 4 members (excludes halogenated alkanes) is 1. The van der Waals surface area contributed by atoms with Gasteiger partial charge in [-0.15, -0.1) is 11.3 Å². The van der Waals surface area contributed by atoms with Crippen LogP contribution in [0.25, 0.3) is 21.6 Å². The number of carbonyl (C=O) groups excluding carboxylic acids is 4. The summed E-state index contributed by atoms with van der Waals surface area (Å²) >= 11 is 7.83. The van der Waals surface area contributed by atoms with Gasteiger partial charge >= 0.3 is 0 Å². The molecule has 1 saturated carbocycles. The highest BCUT2D eigenvalue weighted by Gasteiger charge is 2.64. The summed E-state index contributed by atoms with van der Waals surface area (Å²) in [6, 6.07) is 27.9. The van der Waals surface area contributed by atoms with Gasteiger partial charge in [0.25, 0.3) is 5.91 Å². The first-order valence-electron chi connectivity index (χ1n) is 24.8. The SMILES string of the molecule is Cc1ncsc1-c1ccc([C@H](C)NC(=O)[C@@H]2C[C@@H](O)CN2C(=O)[C@@H](NC(=O)COCCCCOc2ccc(-c3ccc(C(=O)NC4C(C)(C)C(Oc5ccc(C#N)c(Cl)c5)C4(C)C)cc3)cc2)C(C)(C)C)cc1. The average molecular weight is 1030 g/mol. The van der Waals surface area contributed by atoms with Gasteiger partial charge < -0.3 is 40.2 Å². The van der Waals surface area contributed by atoms with Gasteiger partial charge in [-0.3, -0.25) is 19.2 Å². The molecule has 1 saturated heterocycles. The minimum atomic E-state index is -0.965. The number of aliphatic hydroxyl groups excluding tert-OH is 1. The monoisotopic (exact) mass is 1030 g/mol. The maximum Gasteiger partial charge on any atom is 0.251 e. The van der Waals surface area contributed by atoms with Gasteiger partial charge in [0.1, 0.15) is 42.4 Å². The van der Waals surface area contributed by atoms with Crippen LogP contribution in [0.3, 0.4) is 0 Å². The first-order valence-corrected chi connectivity index (χ1v) is 26.0. The second-order valence-electron chi connectivity index (χ2n) is 21.4. The minimum Gasteiger partial charge on any atom is -0.494 e. The number of rotatable bonds is 19. The van der Waals surface area contributed by atoms with Crippen LogP contribution < -0.4 is 25.4 Å². The van der Waals surface area contributed by atoms with E-state index in [0.717, 1.165) is 32.8 Å². The fraction of sp³-hybridized carbons (Fsp3) is 0.439. The summed E-state index contributed by atoms with van der Waals surface area (Å²) in [4.78, 5) is 61.2. The molecule has 7 rings (SSSR count). The Kier molecular flexibility index (Phi) is 17.0. The summed E-state index contributed by atoms with van der Waals surface area (Å²) in [5.41, 5.74) is 6.11. The summed E-state index contributed by atoms with van der Waals surface area (Å²) in [6.45, 7) is 18.1. The average Bonchev–Trinajstić information content (AvgIpc) is 3.98. The van der Waals surface area contributed by atoms with Crippen LogP contribution in [-0.4, -0.2) is 95.3 Å². The number of nitriles is 1. The van der Waals surface area contributed by atoms with Crippen molar-refractivity contribution in [3.05, 3.63) is 124 Å². The number of aryl methyl sites for hydroxylation is 1. The minimum absolute atomic E-state index is 0.0200. The molecular formula is C57H67ClN6O8S. The zero-order valence-electron chi connectivity index (χ0n) is 43.1. The predicted octanol–water partition coefficient (Wildman–Crippen LogP) is 9.47. The zero-order chi connectivity index (χ0) is 52.8. The highest BCUT2D eigenvalue weighted by molar-refractivity contribution is 7.13. The summed E-state index contributed by atoms with van der Waals surface area (Å²) in [5, 5.41) is 29.3. The lowest BCUT2D eigenvalue weighted by atomic mass is 9.49. The Labute approximate surface area is 437 Å². The largest absolute Gasteiger partial charge is 0.494 e. The Bertz CT molecular complexity index is 2790. The smallest absolute Gasteiger partial charge is 0.251 e. The van der Waals surface area contributed by atoms with E-state index in [9.17, 15) is 29.5 Å². The topological polar surface area (TPSA) is 192 Å². The maximum absolute atomic E-state index is 14.1. The van der Waals surface area contributed by atoms with Gasteiger partial charge in [0.05, 0.1) is 45.4 Å². The molecule has 2 heterocycles. The van der Waals surface area contributed by atoms with Crippen LogP contribution >= 0.6 is 22.9 Å². The lowest BCUT2D eigenvalue weighted by Gasteiger charge is -2.63. The Morgan fingerprint density at radius 3 is 2.11 bits per heavy atom. The number of halogens is 1. The number of amides is 4. The number of carbonyl (C=O) groups is 4.